The number of benzene rings is 2. The maximum atomic E-state index is 11.8. The van der Waals surface area contributed by atoms with Gasteiger partial charge < -0.3 is 18.9 Å². The van der Waals surface area contributed by atoms with Crippen LogP contribution in [0, 0.1) is 0 Å². The van der Waals surface area contributed by atoms with E-state index in [0.717, 1.165) is 0 Å². The van der Waals surface area contributed by atoms with Gasteiger partial charge in [0.1, 0.15) is 22.6 Å². The first-order valence-corrected chi connectivity index (χ1v) is 10.2. The lowest BCUT2D eigenvalue weighted by molar-refractivity contribution is -0.452. The number of hydrogen-bond acceptors (Lipinski definition) is 14. The van der Waals surface area contributed by atoms with Crippen LogP contribution in [-0.2, 0) is 39.1 Å². The third-order valence-corrected chi connectivity index (χ3v) is 4.06. The number of para-hydroxylation sites is 2. The van der Waals surface area contributed by atoms with E-state index in [0.29, 0.717) is 0 Å². The summed E-state index contributed by atoms with van der Waals surface area (Å²) in [7, 11) is 2.73. The molecule has 0 unspecified atom stereocenters. The van der Waals surface area contributed by atoms with E-state index in [9.17, 15) is 19.2 Å². The van der Waals surface area contributed by atoms with E-state index >= 15 is 0 Å². The molecule has 0 amide bonds. The van der Waals surface area contributed by atoms with Gasteiger partial charge in [-0.3, -0.25) is 9.78 Å². The van der Waals surface area contributed by atoms with Crippen LogP contribution >= 0.6 is 0 Å². The van der Waals surface area contributed by atoms with Crippen molar-refractivity contribution in [2.24, 2.45) is 0 Å². The second-order valence-corrected chi connectivity index (χ2v) is 6.35. The quantitative estimate of drug-likeness (QED) is 0.167. The molecule has 0 N–H and O–H groups in total. The third kappa shape index (κ3) is 9.36. The average molecular weight is 510 g/mol. The van der Waals surface area contributed by atoms with Crippen LogP contribution in [0.3, 0.4) is 0 Å². The van der Waals surface area contributed by atoms with Crippen LogP contribution in [0.25, 0.3) is 0 Å². The van der Waals surface area contributed by atoms with Crippen molar-refractivity contribution < 1.29 is 67.8 Å². The summed E-state index contributed by atoms with van der Waals surface area (Å²) in [6.07, 6.45) is -2.03. The Labute approximate surface area is 204 Å². The summed E-state index contributed by atoms with van der Waals surface area (Å²) in [4.78, 5) is 63.4. The molecule has 0 heterocycles. The molecule has 14 heteroatoms. The van der Waals surface area contributed by atoms with Crippen molar-refractivity contribution in [2.45, 2.75) is 12.8 Å². The van der Waals surface area contributed by atoms with Crippen LogP contribution in [0.15, 0.2) is 48.5 Å². The first kappa shape index (κ1) is 27.7. The number of carbonyl (C=O) groups is 4. The molecular weight excluding hydrogens is 488 g/mol. The summed E-state index contributed by atoms with van der Waals surface area (Å²) in [5.74, 6) is -1.44. The summed E-state index contributed by atoms with van der Waals surface area (Å²) in [6, 6.07) is 12.3. The van der Waals surface area contributed by atoms with E-state index in [4.69, 9.17) is 9.47 Å². The fraction of sp³-hybridized carbons (Fsp3) is 0.273. The maximum absolute atomic E-state index is 11.8. The minimum atomic E-state index is -1.27. The van der Waals surface area contributed by atoms with Crippen LogP contribution in [0.2, 0.25) is 0 Å². The SMILES string of the molecule is COc1ccccc1C(=O)OOOC(=O)OCCCCOC(=O)OOOC(=O)c1ccccc1OC. The van der Waals surface area contributed by atoms with E-state index in [1.807, 2.05) is 0 Å². The molecule has 0 saturated carbocycles. The van der Waals surface area contributed by atoms with Gasteiger partial charge in [-0.15, -0.1) is 0 Å². The van der Waals surface area contributed by atoms with Crippen molar-refractivity contribution in [3.63, 3.8) is 0 Å². The van der Waals surface area contributed by atoms with Gasteiger partial charge in [-0.2, -0.15) is 0 Å². The second kappa shape index (κ2) is 15.4. The molecule has 0 fully saturated rings. The Balaban J connectivity index is 1.49. The van der Waals surface area contributed by atoms with Crippen molar-refractivity contribution in [2.75, 3.05) is 27.4 Å². The van der Waals surface area contributed by atoms with Gasteiger partial charge in [0.15, 0.2) is 0 Å². The molecular formula is C22H22O14. The van der Waals surface area contributed by atoms with Gasteiger partial charge in [0.2, 0.25) is 0 Å². The lowest BCUT2D eigenvalue weighted by Crippen LogP contribution is -2.14. The minimum Gasteiger partial charge on any atom is -0.496 e. The van der Waals surface area contributed by atoms with E-state index in [1.54, 1.807) is 24.3 Å². The zero-order valence-corrected chi connectivity index (χ0v) is 19.2. The van der Waals surface area contributed by atoms with Gasteiger partial charge in [0.25, 0.3) is 0 Å². The Morgan fingerprint density at radius 1 is 0.583 bits per heavy atom. The highest BCUT2D eigenvalue weighted by Gasteiger charge is 2.17. The standard InChI is InChI=1S/C22H22O14/c1-27-17-11-5-3-9-15(17)19(23)31-35-33-21(25)29-13-7-8-14-30-22(26)34-36-32-20(24)16-10-4-6-12-18(16)28-2/h3-6,9-12H,7-8,13-14H2,1-2H3. The molecule has 36 heavy (non-hydrogen) atoms. The van der Waals surface area contributed by atoms with Crippen molar-refractivity contribution >= 4 is 24.2 Å². The van der Waals surface area contributed by atoms with E-state index in [1.165, 1.54) is 38.5 Å². The van der Waals surface area contributed by atoms with E-state index in [-0.39, 0.29) is 48.7 Å². The highest BCUT2D eigenvalue weighted by molar-refractivity contribution is 5.92. The Kier molecular flexibility index (Phi) is 11.8. The van der Waals surface area contributed by atoms with Crippen molar-refractivity contribution in [3.8, 4) is 11.5 Å². The fourth-order valence-corrected chi connectivity index (χ4v) is 2.43. The van der Waals surface area contributed by atoms with Crippen LogP contribution < -0.4 is 9.47 Å². The topological polar surface area (TPSA) is 161 Å². The highest BCUT2D eigenvalue weighted by atomic mass is 17.5. The summed E-state index contributed by atoms with van der Waals surface area (Å²) in [5, 5.41) is 8.19. The number of hydrogen-bond donors (Lipinski definition) is 0. The second-order valence-electron chi connectivity index (χ2n) is 6.35. The lowest BCUT2D eigenvalue weighted by atomic mass is 10.2. The Hall–Kier alpha value is -4.56. The maximum Gasteiger partial charge on any atom is 0.543 e. The van der Waals surface area contributed by atoms with Crippen molar-refractivity contribution in [1.29, 1.82) is 0 Å². The molecule has 0 bridgehead atoms. The van der Waals surface area contributed by atoms with Gasteiger partial charge in [0.05, 0.1) is 37.5 Å². The zero-order valence-electron chi connectivity index (χ0n) is 19.2. The summed E-state index contributed by atoms with van der Waals surface area (Å²) in [6.45, 7) is -0.262. The van der Waals surface area contributed by atoms with Gasteiger partial charge in [0, 0.05) is 0 Å². The summed E-state index contributed by atoms with van der Waals surface area (Å²) in [5.41, 5.74) is 0.103. The number of methoxy groups -OCH3 is 2. The zero-order chi connectivity index (χ0) is 26.2. The largest absolute Gasteiger partial charge is 0.543 e. The first-order valence-electron chi connectivity index (χ1n) is 10.2. The van der Waals surface area contributed by atoms with E-state index < -0.39 is 24.2 Å². The average Bonchev–Trinajstić information content (AvgIpc) is 2.90. The van der Waals surface area contributed by atoms with Crippen LogP contribution in [0.5, 0.6) is 11.5 Å². The molecule has 194 valence electrons. The molecule has 0 aliphatic carbocycles. The van der Waals surface area contributed by atoms with Gasteiger partial charge >= 0.3 is 24.2 Å². The predicted molar refractivity (Wildman–Crippen MR) is 113 cm³/mol. The summed E-state index contributed by atoms with van der Waals surface area (Å²) < 4.78 is 19.3. The third-order valence-electron chi connectivity index (χ3n) is 4.06. The Bertz CT molecular complexity index is 940. The fourth-order valence-electron chi connectivity index (χ4n) is 2.43. The monoisotopic (exact) mass is 510 g/mol. The molecule has 0 saturated heterocycles. The predicted octanol–water partition coefficient (Wildman–Crippen LogP) is 3.50. The van der Waals surface area contributed by atoms with Gasteiger partial charge in [-0.1, -0.05) is 24.3 Å². The normalized spacial score (nSPS) is 9.94. The van der Waals surface area contributed by atoms with Crippen LogP contribution in [0.1, 0.15) is 33.6 Å². The molecule has 2 aromatic rings. The minimum absolute atomic E-state index is 0.0514. The van der Waals surface area contributed by atoms with Crippen molar-refractivity contribution in [1.82, 2.24) is 0 Å². The smallest absolute Gasteiger partial charge is 0.496 e. The summed E-state index contributed by atoms with van der Waals surface area (Å²) >= 11 is 0. The number of rotatable bonds is 13. The van der Waals surface area contributed by atoms with Gasteiger partial charge in [-0.05, 0) is 37.1 Å². The van der Waals surface area contributed by atoms with Crippen molar-refractivity contribution in [3.05, 3.63) is 59.7 Å². The molecule has 0 spiro atoms. The molecule has 0 radical (unpaired) electrons. The molecule has 0 aliphatic heterocycles. The molecule has 2 rings (SSSR count). The molecule has 0 atom stereocenters. The van der Waals surface area contributed by atoms with Crippen LogP contribution in [-0.4, -0.2) is 51.7 Å². The first-order chi connectivity index (χ1) is 17.5. The molecule has 0 aromatic heterocycles. The molecule has 2 aromatic carbocycles. The number of unbranched alkanes of at least 4 members (excludes halogenated alkanes) is 1. The number of carbonyl (C=O) groups excluding carboxylic acids is 4. The van der Waals surface area contributed by atoms with Gasteiger partial charge in [-0.25, -0.2) is 29.0 Å². The Morgan fingerprint density at radius 2 is 0.972 bits per heavy atom. The Morgan fingerprint density at radius 3 is 1.36 bits per heavy atom. The molecule has 14 nitrogen and oxygen atoms in total. The lowest BCUT2D eigenvalue weighted by Gasteiger charge is -2.07. The van der Waals surface area contributed by atoms with E-state index in [2.05, 4.69) is 39.1 Å². The van der Waals surface area contributed by atoms with Crippen LogP contribution in [0.4, 0.5) is 9.59 Å². The number of ether oxygens (including phenoxy) is 4. The highest BCUT2D eigenvalue weighted by Crippen LogP contribution is 2.19. The molecule has 0 aliphatic rings.